The van der Waals surface area contributed by atoms with Crippen molar-refractivity contribution < 1.29 is 0 Å². The second-order valence-electron chi connectivity index (χ2n) is 1.08. The standard InChI is InChI=1S/C6H5/c1-2-4-6-5-3-1/h1-5H/i1+1,2+1,3+1,4+1,5+1,6+1. The molecule has 0 nitrogen and oxygen atoms in total. The fourth-order valence-electron chi connectivity index (χ4n) is 0.342. The summed E-state index contributed by atoms with van der Waals surface area (Å²) in [6.07, 6.45) is 0. The summed E-state index contributed by atoms with van der Waals surface area (Å²) < 4.78 is 0. The number of benzene rings is 1. The molecule has 0 saturated carbocycles. The van der Waals surface area contributed by atoms with Crippen LogP contribution in [0.25, 0.3) is 0 Å². The van der Waals surface area contributed by atoms with Crippen molar-refractivity contribution in [2.45, 2.75) is 0 Å². The third kappa shape index (κ3) is 0.582. The second kappa shape index (κ2) is 1.61. The van der Waals surface area contributed by atoms with Crippen LogP contribution in [0.2, 0.25) is 0 Å². The van der Waals surface area contributed by atoms with Gasteiger partial charge in [0.05, 0.1) is 0 Å². The van der Waals surface area contributed by atoms with Crippen LogP contribution in [0.5, 0.6) is 0 Å². The van der Waals surface area contributed by atoms with Crippen LogP contribution in [-0.2, 0) is 0 Å². The molecule has 0 N–H and O–H groups in total. The Morgan fingerprint density at radius 1 is 0.833 bits per heavy atom. The summed E-state index contributed by atoms with van der Waals surface area (Å²) in [6, 6.07) is 12.5. The van der Waals surface area contributed by atoms with Crippen molar-refractivity contribution in [1.82, 2.24) is 0 Å². The van der Waals surface area contributed by atoms with Gasteiger partial charge in [-0.25, -0.2) is 0 Å². The van der Waals surface area contributed by atoms with Crippen molar-refractivity contribution in [3.05, 3.63) is 36.4 Å². The van der Waals surface area contributed by atoms with Crippen molar-refractivity contribution >= 4 is 0 Å². The van der Waals surface area contributed by atoms with Gasteiger partial charge in [0.2, 0.25) is 0 Å². The molecule has 0 aliphatic heterocycles. The number of hydrogen-bond acceptors (Lipinski definition) is 0. The molecule has 0 aromatic heterocycles. The van der Waals surface area contributed by atoms with Crippen LogP contribution in [0.4, 0.5) is 0 Å². The van der Waals surface area contributed by atoms with Crippen LogP contribution in [0.3, 0.4) is 0 Å². The van der Waals surface area contributed by atoms with Crippen molar-refractivity contribution in [2.24, 2.45) is 0 Å². The molecule has 0 saturated heterocycles. The summed E-state index contributed by atoms with van der Waals surface area (Å²) >= 11 is 0. The van der Waals surface area contributed by atoms with E-state index in [2.05, 4.69) is 6.07 Å². The van der Waals surface area contributed by atoms with Gasteiger partial charge < -0.3 is 0 Å². The van der Waals surface area contributed by atoms with Crippen molar-refractivity contribution in [2.75, 3.05) is 0 Å². The highest BCUT2D eigenvalue weighted by Gasteiger charge is 1.58. The Hall–Kier alpha value is -0.780. The SMILES string of the molecule is [13c]1[13cH][13cH][13cH][13cH][13cH]1. The molecular formula is C6H5. The van der Waals surface area contributed by atoms with Gasteiger partial charge in [-0.3, -0.25) is 0 Å². The molecule has 0 heterocycles. The first-order chi connectivity index (χ1) is 3.00. The van der Waals surface area contributed by atoms with Crippen LogP contribution in [-0.4, -0.2) is 0 Å². The Morgan fingerprint density at radius 2 is 1.50 bits per heavy atom. The molecule has 1 aromatic rings. The third-order valence-corrected chi connectivity index (χ3v) is 0.607. The summed E-state index contributed by atoms with van der Waals surface area (Å²) in [5, 5.41) is 0. The molecule has 1 radical (unpaired) electrons. The van der Waals surface area contributed by atoms with Gasteiger partial charge in [-0.15, -0.1) is 0 Å². The van der Waals surface area contributed by atoms with E-state index in [0.29, 0.717) is 0 Å². The Morgan fingerprint density at radius 3 is 1.67 bits per heavy atom. The topological polar surface area (TPSA) is 0 Å². The van der Waals surface area contributed by atoms with E-state index in [-0.39, 0.29) is 0 Å². The van der Waals surface area contributed by atoms with Crippen molar-refractivity contribution in [1.29, 1.82) is 0 Å². The van der Waals surface area contributed by atoms with Crippen LogP contribution >= 0.6 is 0 Å². The van der Waals surface area contributed by atoms with E-state index in [9.17, 15) is 0 Å². The summed E-state index contributed by atoms with van der Waals surface area (Å²) in [5.41, 5.74) is 0. The molecule has 0 heteroatoms. The Balaban J connectivity index is 3.00. The maximum absolute atomic E-state index is 2.89. The average molecular weight is 83.1 g/mol. The molecule has 1 aromatic carbocycles. The molecule has 0 fully saturated rings. The molecule has 0 spiro atoms. The fraction of sp³-hybridized carbons (Fsp3) is 0. The predicted octanol–water partition coefficient (Wildman–Crippen LogP) is 1.49. The van der Waals surface area contributed by atoms with Gasteiger partial charge in [0.25, 0.3) is 0 Å². The van der Waals surface area contributed by atoms with Gasteiger partial charge in [-0.1, -0.05) is 30.3 Å². The molecule has 1 rings (SSSR count). The highest BCUT2D eigenvalue weighted by Crippen LogP contribution is 1.78. The zero-order chi connectivity index (χ0) is 4.24. The maximum Gasteiger partial charge on any atom is -0.0184 e. The zero-order valence-electron chi connectivity index (χ0n) is 3.39. The number of hydrogen-bond donors (Lipinski definition) is 0. The maximum atomic E-state index is 2.89. The Labute approximate surface area is 37.4 Å². The van der Waals surface area contributed by atoms with E-state index < -0.39 is 0 Å². The second-order valence-corrected chi connectivity index (χ2v) is 1.08. The van der Waals surface area contributed by atoms with Crippen molar-refractivity contribution in [3.8, 4) is 0 Å². The average Bonchev–Trinajstić information content (AvgIpc) is 1.72. The van der Waals surface area contributed by atoms with Crippen LogP contribution < -0.4 is 0 Å². The molecular weight excluding hydrogens is 78.0 g/mol. The van der Waals surface area contributed by atoms with Crippen LogP contribution in [0.1, 0.15) is 0 Å². The first kappa shape index (κ1) is 3.41. The predicted molar refractivity (Wildman–Crippen MR) is 25.3 cm³/mol. The zero-order valence-corrected chi connectivity index (χ0v) is 3.39. The Bertz CT molecular complexity index is 72.0. The first-order valence-electron chi connectivity index (χ1n) is 1.91. The molecule has 0 amide bonds. The monoisotopic (exact) mass is 83.1 g/mol. The molecule has 0 atom stereocenters. The fourth-order valence-corrected chi connectivity index (χ4v) is 0.342. The summed E-state index contributed by atoms with van der Waals surface area (Å²) in [5.74, 6) is 0. The van der Waals surface area contributed by atoms with Gasteiger partial charge in [-0.05, 0) is 6.07 Å². The quantitative estimate of drug-likeness (QED) is 0.445. The van der Waals surface area contributed by atoms with Gasteiger partial charge in [0.1, 0.15) is 0 Å². The number of rotatable bonds is 0. The van der Waals surface area contributed by atoms with Gasteiger partial charge in [-0.2, -0.15) is 0 Å². The lowest BCUT2D eigenvalue weighted by molar-refractivity contribution is 1.70. The molecule has 0 unspecified atom stereocenters. The van der Waals surface area contributed by atoms with E-state index >= 15 is 0 Å². The van der Waals surface area contributed by atoms with E-state index in [1.54, 1.807) is 0 Å². The third-order valence-electron chi connectivity index (χ3n) is 0.607. The summed E-state index contributed by atoms with van der Waals surface area (Å²) in [4.78, 5) is 0. The van der Waals surface area contributed by atoms with Gasteiger partial charge in [0, 0.05) is 0 Å². The highest BCUT2D eigenvalue weighted by molar-refractivity contribution is 4.97. The highest BCUT2D eigenvalue weighted by atomic mass is 14.6. The lowest BCUT2D eigenvalue weighted by Gasteiger charge is -1.68. The summed E-state index contributed by atoms with van der Waals surface area (Å²) in [7, 11) is 0. The smallest absolute Gasteiger partial charge is 0.0184 e. The van der Waals surface area contributed by atoms with E-state index in [1.807, 2.05) is 30.3 Å². The lowest BCUT2D eigenvalue weighted by Crippen LogP contribution is -1.49. The van der Waals surface area contributed by atoms with E-state index in [4.69, 9.17) is 0 Å². The first-order valence-corrected chi connectivity index (χ1v) is 1.91. The molecule has 29 valence electrons. The molecule has 6 heavy (non-hydrogen) atoms. The molecule has 0 bridgehead atoms. The Kier molecular flexibility index (Phi) is 0.913. The van der Waals surface area contributed by atoms with Gasteiger partial charge in [0.15, 0.2) is 0 Å². The van der Waals surface area contributed by atoms with E-state index in [0.717, 1.165) is 0 Å². The molecule has 0 aliphatic rings. The molecule has 0 aliphatic carbocycles. The van der Waals surface area contributed by atoms with Crippen LogP contribution in [0.15, 0.2) is 30.3 Å². The minimum atomic E-state index is 1.88. The lowest BCUT2D eigenvalue weighted by atomic mass is 11.4. The minimum absolute atomic E-state index is 1.88. The van der Waals surface area contributed by atoms with Gasteiger partial charge >= 0.3 is 0 Å². The summed E-state index contributed by atoms with van der Waals surface area (Å²) in [6.45, 7) is 0. The van der Waals surface area contributed by atoms with E-state index in [1.165, 1.54) is 0 Å². The largest absolute Gasteiger partial charge is 0.0622 e. The minimum Gasteiger partial charge on any atom is -0.0622 e. The normalized spacial score (nSPS) is 8.00. The van der Waals surface area contributed by atoms with Crippen molar-refractivity contribution in [3.63, 3.8) is 0 Å². The van der Waals surface area contributed by atoms with Crippen LogP contribution in [0, 0.1) is 6.07 Å².